The van der Waals surface area contributed by atoms with Crippen molar-refractivity contribution in [3.8, 4) is 22.3 Å². The average molecular weight is 867 g/mol. The molecule has 1 unspecified atom stereocenters. The van der Waals surface area contributed by atoms with Gasteiger partial charge in [-0.2, -0.15) is 11.6 Å². The van der Waals surface area contributed by atoms with Crippen molar-refractivity contribution in [3.63, 3.8) is 0 Å². The number of allylic oxidation sites excluding steroid dienone is 4. The van der Waals surface area contributed by atoms with Crippen LogP contribution in [0.5, 0.6) is 0 Å². The summed E-state index contributed by atoms with van der Waals surface area (Å²) >= 11 is 1.55. The Morgan fingerprint density at radius 2 is 0.929 bits per heavy atom. The normalized spacial score (nSPS) is 14.0. The van der Waals surface area contributed by atoms with Crippen LogP contribution in [-0.4, -0.2) is 3.21 Å². The van der Waals surface area contributed by atoms with Crippen LogP contribution in [0.4, 0.5) is 0 Å². The summed E-state index contributed by atoms with van der Waals surface area (Å²) in [6, 6.07) is 21.7. The largest absolute Gasteiger partial charge is 1.00 e. The fourth-order valence-corrected chi connectivity index (χ4v) is 8.18. The Bertz CT molecular complexity index is 2070. The number of rotatable bonds is 3. The summed E-state index contributed by atoms with van der Waals surface area (Å²) in [5.74, 6) is 0.573. The van der Waals surface area contributed by atoms with Gasteiger partial charge in [0.2, 0.25) is 0 Å². The fourth-order valence-electron chi connectivity index (χ4n) is 8.18. The van der Waals surface area contributed by atoms with Gasteiger partial charge in [0.05, 0.1) is 0 Å². The van der Waals surface area contributed by atoms with E-state index in [9.17, 15) is 0 Å². The maximum atomic E-state index is 3.35. The first-order valence-corrected chi connectivity index (χ1v) is 21.3. The van der Waals surface area contributed by atoms with Gasteiger partial charge in [-0.25, -0.2) is 6.08 Å². The average Bonchev–Trinajstić information content (AvgIpc) is 3.63. The van der Waals surface area contributed by atoms with E-state index in [-0.39, 0.29) is 35.6 Å². The molecule has 0 nitrogen and oxygen atoms in total. The van der Waals surface area contributed by atoms with Gasteiger partial charge >= 0.3 is 41.3 Å². The number of hydrogen-bond donors (Lipinski definition) is 0. The van der Waals surface area contributed by atoms with Crippen molar-refractivity contribution in [1.82, 2.24) is 0 Å². The quantitative estimate of drug-likeness (QED) is 0.159. The van der Waals surface area contributed by atoms with E-state index in [0.29, 0.717) is 11.3 Å². The van der Waals surface area contributed by atoms with Gasteiger partial charge in [-0.1, -0.05) is 135 Å². The second-order valence-corrected chi connectivity index (χ2v) is 21.8. The Labute approximate surface area is 369 Å². The molecule has 0 heterocycles. The molecule has 0 radical (unpaired) electrons. The molecule has 0 amide bonds. The van der Waals surface area contributed by atoms with Gasteiger partial charge in [0.1, 0.15) is 0 Å². The maximum absolute atomic E-state index is 3.35. The molecule has 0 N–H and O–H groups in total. The molecule has 1 aliphatic carbocycles. The maximum Gasteiger partial charge on any atom is -0.0139 e. The second kappa shape index (κ2) is 19.1. The van der Waals surface area contributed by atoms with Crippen LogP contribution in [0.15, 0.2) is 72.3 Å². The Hall–Kier alpha value is -2.44. The van der Waals surface area contributed by atoms with Crippen LogP contribution >= 0.6 is 0 Å². The molecular formula is C53H68Cl2Zr-2. The summed E-state index contributed by atoms with van der Waals surface area (Å²) in [5.41, 5.74) is 18.3. The van der Waals surface area contributed by atoms with Crippen LogP contribution in [0.2, 0.25) is 0 Å². The number of fused-ring (bicyclic) bond motifs is 3. The minimum absolute atomic E-state index is 0. The molecule has 3 heteroatoms. The molecule has 5 aromatic carbocycles. The number of hydrogen-bond acceptors (Lipinski definition) is 0. The molecular weight excluding hydrogens is 799 g/mol. The van der Waals surface area contributed by atoms with Gasteiger partial charge in [-0.15, -0.1) is 39.7 Å². The van der Waals surface area contributed by atoms with Crippen molar-refractivity contribution in [3.05, 3.63) is 123 Å². The molecule has 1 atom stereocenters. The van der Waals surface area contributed by atoms with Crippen molar-refractivity contribution in [2.24, 2.45) is 11.3 Å². The molecule has 56 heavy (non-hydrogen) atoms. The van der Waals surface area contributed by atoms with E-state index in [0.717, 1.165) is 0 Å². The summed E-state index contributed by atoms with van der Waals surface area (Å²) in [7, 11) is 0. The third-order valence-corrected chi connectivity index (χ3v) is 10.6. The third-order valence-electron chi connectivity index (χ3n) is 10.6. The number of halogens is 2. The van der Waals surface area contributed by atoms with Crippen molar-refractivity contribution in [1.29, 1.82) is 0 Å². The topological polar surface area (TPSA) is 0 Å². The Kier molecular flexibility index (Phi) is 16.9. The van der Waals surface area contributed by atoms with Crippen molar-refractivity contribution in [2.75, 3.05) is 0 Å². The first kappa shape index (κ1) is 49.7. The second-order valence-electron chi connectivity index (χ2n) is 19.4. The zero-order chi connectivity index (χ0) is 40.7. The molecule has 0 bridgehead atoms. The van der Waals surface area contributed by atoms with Crippen LogP contribution < -0.4 is 24.8 Å². The smallest absolute Gasteiger partial charge is 0.0139 e. The van der Waals surface area contributed by atoms with E-state index < -0.39 is 0 Å². The van der Waals surface area contributed by atoms with Crippen molar-refractivity contribution >= 4 is 24.8 Å². The molecule has 1 aliphatic rings. The van der Waals surface area contributed by atoms with E-state index in [4.69, 9.17) is 0 Å². The summed E-state index contributed by atoms with van der Waals surface area (Å²) < 4.78 is 1.51. The summed E-state index contributed by atoms with van der Waals surface area (Å²) in [6.07, 6.45) is 9.00. The van der Waals surface area contributed by atoms with Crippen molar-refractivity contribution in [2.45, 2.75) is 142 Å². The Balaban J connectivity index is 0.000000538. The van der Waals surface area contributed by atoms with E-state index in [2.05, 4.69) is 197 Å². The molecule has 0 saturated heterocycles. The molecule has 0 fully saturated rings. The summed E-state index contributed by atoms with van der Waals surface area (Å²) in [6.45, 7) is 40.7. The molecule has 5 aromatic rings. The molecule has 6 rings (SSSR count). The predicted octanol–water partition coefficient (Wildman–Crippen LogP) is 9.60. The van der Waals surface area contributed by atoms with Gasteiger partial charge in [0.15, 0.2) is 0 Å². The molecule has 300 valence electrons. The van der Waals surface area contributed by atoms with Crippen LogP contribution in [0.3, 0.4) is 0 Å². The Morgan fingerprint density at radius 1 is 0.589 bits per heavy atom. The monoisotopic (exact) mass is 864 g/mol. The molecule has 0 spiro atoms. The van der Waals surface area contributed by atoms with Crippen LogP contribution in [0.1, 0.15) is 134 Å². The zero-order valence-electron chi connectivity index (χ0n) is 37.9. The number of aryl methyl sites for hydroxylation is 6. The first-order valence-electron chi connectivity index (χ1n) is 20.0. The molecule has 0 saturated carbocycles. The summed E-state index contributed by atoms with van der Waals surface area (Å²) in [4.78, 5) is 0. The van der Waals surface area contributed by atoms with Gasteiger partial charge in [-0.3, -0.25) is 6.08 Å². The summed E-state index contributed by atoms with van der Waals surface area (Å²) in [5, 5.41) is 5.41. The predicted molar refractivity (Wildman–Crippen MR) is 239 cm³/mol. The first-order chi connectivity index (χ1) is 24.8. The van der Waals surface area contributed by atoms with E-state index in [1.165, 1.54) is 104 Å². The van der Waals surface area contributed by atoms with Gasteiger partial charge in [0.25, 0.3) is 0 Å². The fraction of sp³-hybridized carbons (Fsp3) is 0.434. The van der Waals surface area contributed by atoms with Crippen LogP contribution in [-0.2, 0) is 35.1 Å². The standard InChI is InChI=1S/C39H45.C11H17.C3H6.2ClH.Zr/c1-22-13-24(3)36(25(4)14-22)32-18-28-17-29-19-33(37-26(5)15-23(2)16-27(37)6)35(39(10,11)12)21-31(29)30(28)20-34(32)38(7,8)9;1-5-9-6-7-10(8-9)11(2,3)4;1-3-2;;;/h13-21H,1-12H3;7-9H,5H2,1-4H3;1-2H3;2*1H;/q2*-1;;;;+2/p-2. The van der Waals surface area contributed by atoms with Crippen molar-refractivity contribution < 1.29 is 49.0 Å². The SMILES string of the molecule is CCC1[C-]=CC(C(C)(C)C)=C1.C[C](C)=[Zr+2].Cc1cc(C)c(-c2cc3[cH-]c4cc(-c5c(C)cc(C)cc5C)c(C(C)(C)C)cc4c3cc2C(C)(C)C)c(C)c1.[Cl-].[Cl-]. The molecule has 0 aromatic heterocycles. The minimum atomic E-state index is 0. The van der Waals surface area contributed by atoms with Crippen LogP contribution in [0, 0.1) is 59.0 Å². The Morgan fingerprint density at radius 3 is 1.18 bits per heavy atom. The number of benzene rings is 4. The van der Waals surface area contributed by atoms with E-state index in [1.54, 1.807) is 24.2 Å². The van der Waals surface area contributed by atoms with Gasteiger partial charge in [-0.05, 0) is 108 Å². The van der Waals surface area contributed by atoms with E-state index >= 15 is 0 Å². The molecule has 0 aliphatic heterocycles. The van der Waals surface area contributed by atoms with Gasteiger partial charge in [0, 0.05) is 0 Å². The van der Waals surface area contributed by atoms with Crippen LogP contribution in [0.25, 0.3) is 43.8 Å². The minimum Gasteiger partial charge on any atom is -1.00 e. The van der Waals surface area contributed by atoms with Gasteiger partial charge < -0.3 is 24.8 Å². The third kappa shape index (κ3) is 11.6. The zero-order valence-corrected chi connectivity index (χ0v) is 41.9. The van der Waals surface area contributed by atoms with E-state index in [1.807, 2.05) is 0 Å².